The summed E-state index contributed by atoms with van der Waals surface area (Å²) in [5.41, 5.74) is 0.407. The van der Waals surface area contributed by atoms with Crippen molar-refractivity contribution < 1.29 is 4.79 Å². The van der Waals surface area contributed by atoms with Gasteiger partial charge in [-0.15, -0.1) is 24.0 Å². The van der Waals surface area contributed by atoms with Crippen LogP contribution in [0.3, 0.4) is 0 Å². The van der Waals surface area contributed by atoms with Crippen LogP contribution >= 0.6 is 24.0 Å². The molecule has 1 saturated heterocycles. The van der Waals surface area contributed by atoms with Gasteiger partial charge in [-0.2, -0.15) is 0 Å². The van der Waals surface area contributed by atoms with Crippen LogP contribution < -0.4 is 10.6 Å². The lowest BCUT2D eigenvalue weighted by Gasteiger charge is -2.62. The van der Waals surface area contributed by atoms with Crippen LogP contribution in [0.1, 0.15) is 60.3 Å². The predicted molar refractivity (Wildman–Crippen MR) is 106 cm³/mol. The van der Waals surface area contributed by atoms with E-state index in [0.717, 1.165) is 38.3 Å². The van der Waals surface area contributed by atoms with Crippen molar-refractivity contribution in [3.8, 4) is 0 Å². The van der Waals surface area contributed by atoms with Gasteiger partial charge in [0.15, 0.2) is 5.96 Å². The summed E-state index contributed by atoms with van der Waals surface area (Å²) in [6, 6.07) is 0.456. The molecule has 0 unspecified atom stereocenters. The summed E-state index contributed by atoms with van der Waals surface area (Å²) < 4.78 is 0. The highest BCUT2D eigenvalue weighted by molar-refractivity contribution is 14.0. The monoisotopic (exact) mass is 436 g/mol. The standard InChI is InChI=1S/C17H32N4O.HI/c1-6-18-15(21-12-16(2,3)17(21,4)5)19-11-7-8-14(22)20-13-9-10-13;/h13H,6-12H2,1-5H3,(H,18,19)(H,20,22);1H. The number of aliphatic imine (C=N–C) groups is 1. The minimum Gasteiger partial charge on any atom is -0.356 e. The molecule has 2 fully saturated rings. The van der Waals surface area contributed by atoms with Gasteiger partial charge in [0.1, 0.15) is 0 Å². The zero-order valence-corrected chi connectivity index (χ0v) is 17.6. The fourth-order valence-corrected chi connectivity index (χ4v) is 2.75. The molecule has 2 N–H and O–H groups in total. The van der Waals surface area contributed by atoms with Crippen LogP contribution in [0.2, 0.25) is 0 Å². The molecular formula is C17H33IN4O. The van der Waals surface area contributed by atoms with E-state index in [4.69, 9.17) is 4.99 Å². The number of amides is 1. The normalized spacial score (nSPS) is 22.0. The maximum absolute atomic E-state index is 11.7. The lowest BCUT2D eigenvalue weighted by Crippen LogP contribution is -2.72. The van der Waals surface area contributed by atoms with E-state index in [0.29, 0.717) is 24.4 Å². The number of guanidine groups is 1. The van der Waals surface area contributed by atoms with Crippen molar-refractivity contribution in [2.45, 2.75) is 71.9 Å². The number of hydrogen-bond donors (Lipinski definition) is 2. The quantitative estimate of drug-likeness (QED) is 0.292. The highest BCUT2D eigenvalue weighted by Gasteiger charge is 2.53. The molecule has 1 heterocycles. The molecule has 0 bridgehead atoms. The average molecular weight is 436 g/mol. The van der Waals surface area contributed by atoms with Crippen LogP contribution in [0.5, 0.6) is 0 Å². The Morgan fingerprint density at radius 1 is 1.26 bits per heavy atom. The van der Waals surface area contributed by atoms with Crippen molar-refractivity contribution in [3.05, 3.63) is 0 Å². The maximum Gasteiger partial charge on any atom is 0.220 e. The first kappa shape index (κ1) is 20.5. The molecule has 0 aromatic heterocycles. The molecule has 1 aliphatic carbocycles. The number of halogens is 1. The lowest BCUT2D eigenvalue weighted by atomic mass is 9.65. The zero-order chi connectivity index (χ0) is 16.4. The van der Waals surface area contributed by atoms with Crippen molar-refractivity contribution in [2.24, 2.45) is 10.4 Å². The summed E-state index contributed by atoms with van der Waals surface area (Å²) in [5.74, 6) is 1.16. The van der Waals surface area contributed by atoms with Crippen LogP contribution in [0.15, 0.2) is 4.99 Å². The molecule has 0 aromatic rings. The molecule has 2 aliphatic rings. The van der Waals surface area contributed by atoms with Gasteiger partial charge in [-0.3, -0.25) is 9.79 Å². The van der Waals surface area contributed by atoms with Crippen LogP contribution in [-0.2, 0) is 4.79 Å². The van der Waals surface area contributed by atoms with E-state index in [2.05, 4.69) is 50.2 Å². The van der Waals surface area contributed by atoms with Gasteiger partial charge in [-0.05, 0) is 40.0 Å². The van der Waals surface area contributed by atoms with Gasteiger partial charge in [-0.25, -0.2) is 0 Å². The number of likely N-dealkylation sites (tertiary alicyclic amines) is 1. The van der Waals surface area contributed by atoms with E-state index in [1.807, 2.05) is 0 Å². The number of rotatable bonds is 6. The number of nitrogens with one attached hydrogen (secondary N) is 2. The number of carbonyl (C=O) groups is 1. The number of carbonyl (C=O) groups excluding carboxylic acids is 1. The summed E-state index contributed by atoms with van der Waals surface area (Å²) in [7, 11) is 0. The second kappa shape index (κ2) is 8.03. The first-order valence-electron chi connectivity index (χ1n) is 8.63. The van der Waals surface area contributed by atoms with Gasteiger partial charge >= 0.3 is 0 Å². The Bertz CT molecular complexity index is 444. The number of hydrogen-bond acceptors (Lipinski definition) is 2. The minimum absolute atomic E-state index is 0. The minimum atomic E-state index is 0. The Labute approximate surface area is 158 Å². The first-order valence-corrected chi connectivity index (χ1v) is 8.63. The lowest BCUT2D eigenvalue weighted by molar-refractivity contribution is -0.121. The molecule has 1 amide bonds. The maximum atomic E-state index is 11.7. The van der Waals surface area contributed by atoms with Gasteiger partial charge < -0.3 is 15.5 Å². The Hall–Kier alpha value is -0.530. The largest absolute Gasteiger partial charge is 0.356 e. The first-order chi connectivity index (χ1) is 10.3. The molecular weight excluding hydrogens is 403 g/mol. The summed E-state index contributed by atoms with van der Waals surface area (Å²) in [6.45, 7) is 13.8. The van der Waals surface area contributed by atoms with Crippen molar-refractivity contribution in [1.82, 2.24) is 15.5 Å². The molecule has 1 saturated carbocycles. The predicted octanol–water partition coefficient (Wildman–Crippen LogP) is 2.75. The van der Waals surface area contributed by atoms with Crippen LogP contribution in [0, 0.1) is 5.41 Å². The summed E-state index contributed by atoms with van der Waals surface area (Å²) in [5, 5.41) is 6.41. The van der Waals surface area contributed by atoms with E-state index in [-0.39, 0.29) is 35.4 Å². The molecule has 6 heteroatoms. The SMILES string of the molecule is CCNC(=NCCCC(=O)NC1CC1)N1CC(C)(C)C1(C)C.I. The Morgan fingerprint density at radius 3 is 2.39 bits per heavy atom. The summed E-state index contributed by atoms with van der Waals surface area (Å²) >= 11 is 0. The van der Waals surface area contributed by atoms with Crippen molar-refractivity contribution in [2.75, 3.05) is 19.6 Å². The van der Waals surface area contributed by atoms with E-state index in [1.54, 1.807) is 0 Å². The molecule has 0 aromatic carbocycles. The van der Waals surface area contributed by atoms with Crippen LogP contribution in [0.4, 0.5) is 0 Å². The van der Waals surface area contributed by atoms with Crippen LogP contribution in [-0.4, -0.2) is 48.0 Å². The van der Waals surface area contributed by atoms with E-state index in [1.165, 1.54) is 0 Å². The smallest absolute Gasteiger partial charge is 0.220 e. The Balaban J connectivity index is 0.00000264. The third kappa shape index (κ3) is 4.97. The average Bonchev–Trinajstić information content (AvgIpc) is 3.24. The molecule has 0 spiro atoms. The Morgan fingerprint density at radius 2 is 1.91 bits per heavy atom. The molecule has 23 heavy (non-hydrogen) atoms. The third-order valence-corrected chi connectivity index (χ3v) is 5.24. The van der Waals surface area contributed by atoms with E-state index < -0.39 is 0 Å². The van der Waals surface area contributed by atoms with Gasteiger partial charge in [0.25, 0.3) is 0 Å². The second-order valence-corrected chi connectivity index (χ2v) is 7.71. The fourth-order valence-electron chi connectivity index (χ4n) is 2.75. The van der Waals surface area contributed by atoms with E-state index in [9.17, 15) is 4.79 Å². The zero-order valence-electron chi connectivity index (χ0n) is 15.2. The number of nitrogens with zero attached hydrogens (tertiary/aromatic N) is 2. The summed E-state index contributed by atoms with van der Waals surface area (Å²) in [4.78, 5) is 18.7. The highest BCUT2D eigenvalue weighted by Crippen LogP contribution is 2.46. The molecule has 2 rings (SSSR count). The van der Waals surface area contributed by atoms with Crippen molar-refractivity contribution in [1.29, 1.82) is 0 Å². The van der Waals surface area contributed by atoms with Gasteiger partial charge in [-0.1, -0.05) is 13.8 Å². The topological polar surface area (TPSA) is 56.7 Å². The van der Waals surface area contributed by atoms with E-state index >= 15 is 0 Å². The Kier molecular flexibility index (Phi) is 7.16. The molecule has 0 radical (unpaired) electrons. The second-order valence-electron chi connectivity index (χ2n) is 7.71. The molecule has 5 nitrogen and oxygen atoms in total. The molecule has 0 atom stereocenters. The van der Waals surface area contributed by atoms with Crippen molar-refractivity contribution in [3.63, 3.8) is 0 Å². The van der Waals surface area contributed by atoms with Gasteiger partial charge in [0.2, 0.25) is 5.91 Å². The van der Waals surface area contributed by atoms with Gasteiger partial charge in [0.05, 0.1) is 0 Å². The van der Waals surface area contributed by atoms with Gasteiger partial charge in [0, 0.05) is 43.1 Å². The van der Waals surface area contributed by atoms with Crippen molar-refractivity contribution >= 4 is 35.8 Å². The van der Waals surface area contributed by atoms with Crippen LogP contribution in [0.25, 0.3) is 0 Å². The third-order valence-electron chi connectivity index (χ3n) is 5.24. The fraction of sp³-hybridized carbons (Fsp3) is 0.882. The molecule has 134 valence electrons. The summed E-state index contributed by atoms with van der Waals surface area (Å²) in [6.07, 6.45) is 3.68. The molecule has 1 aliphatic heterocycles. The highest BCUT2D eigenvalue weighted by atomic mass is 127.